The quantitative estimate of drug-likeness (QED) is 0.572. The molecule has 2 aliphatic rings. The second-order valence-electron chi connectivity index (χ2n) is 8.14. The minimum Gasteiger partial charge on any atom is -0.465 e. The predicted molar refractivity (Wildman–Crippen MR) is 97.9 cm³/mol. The van der Waals surface area contributed by atoms with Gasteiger partial charge in [0.25, 0.3) is 11.8 Å². The fourth-order valence-corrected chi connectivity index (χ4v) is 3.51. The Morgan fingerprint density at radius 3 is 2.45 bits per heavy atom. The van der Waals surface area contributed by atoms with Crippen molar-refractivity contribution in [1.29, 1.82) is 0 Å². The van der Waals surface area contributed by atoms with E-state index in [2.05, 4.69) is 10.4 Å². The molecule has 1 aliphatic carbocycles. The van der Waals surface area contributed by atoms with E-state index in [1.54, 1.807) is 10.7 Å². The van der Waals surface area contributed by atoms with Gasteiger partial charge in [0.2, 0.25) is 0 Å². The van der Waals surface area contributed by atoms with E-state index in [0.717, 1.165) is 0 Å². The zero-order valence-electron chi connectivity index (χ0n) is 16.5. The topological polar surface area (TPSA) is 140 Å². The summed E-state index contributed by atoms with van der Waals surface area (Å²) in [6.45, 7) is 5.73. The van der Waals surface area contributed by atoms with Gasteiger partial charge in [0.05, 0.1) is 11.2 Å². The Bertz CT molecular complexity index is 826. The van der Waals surface area contributed by atoms with Gasteiger partial charge < -0.3 is 9.84 Å². The number of carbonyl (C=O) groups excluding carboxylic acids is 3. The molecule has 158 valence electrons. The molecule has 2 heterocycles. The SMILES string of the molecule is CC(C)(C)n1nc([C@H]2CC[C@@H](OC(=O)ON3C(=O)CCC3=O)C2)cc1NC(=O)O. The van der Waals surface area contributed by atoms with E-state index in [-0.39, 0.29) is 18.8 Å². The van der Waals surface area contributed by atoms with Crippen molar-refractivity contribution in [3.8, 4) is 0 Å². The van der Waals surface area contributed by atoms with Crippen LogP contribution < -0.4 is 5.32 Å². The number of ether oxygens (including phenoxy) is 1. The van der Waals surface area contributed by atoms with E-state index in [9.17, 15) is 19.2 Å². The molecule has 1 saturated carbocycles. The van der Waals surface area contributed by atoms with Crippen LogP contribution >= 0.6 is 0 Å². The van der Waals surface area contributed by atoms with Crippen LogP contribution in [0.4, 0.5) is 15.4 Å². The number of carboxylic acid groups (broad SMARTS) is 1. The van der Waals surface area contributed by atoms with Crippen LogP contribution in [0.25, 0.3) is 0 Å². The average Bonchev–Trinajstić information content (AvgIpc) is 3.29. The summed E-state index contributed by atoms with van der Waals surface area (Å²) in [4.78, 5) is 50.7. The highest BCUT2D eigenvalue weighted by Gasteiger charge is 2.36. The molecule has 0 aromatic carbocycles. The third kappa shape index (κ3) is 4.66. The number of rotatable bonds is 4. The number of hydrogen-bond acceptors (Lipinski definition) is 7. The van der Waals surface area contributed by atoms with Crippen molar-refractivity contribution in [1.82, 2.24) is 14.8 Å². The van der Waals surface area contributed by atoms with Crippen LogP contribution in [0.5, 0.6) is 0 Å². The summed E-state index contributed by atoms with van der Waals surface area (Å²) in [7, 11) is 0. The molecule has 1 aromatic heterocycles. The molecule has 1 aliphatic heterocycles. The molecule has 0 bridgehead atoms. The lowest BCUT2D eigenvalue weighted by Crippen LogP contribution is -2.33. The number of anilines is 1. The molecule has 29 heavy (non-hydrogen) atoms. The number of imide groups is 1. The highest BCUT2D eigenvalue weighted by molar-refractivity contribution is 6.01. The zero-order valence-corrected chi connectivity index (χ0v) is 16.5. The lowest BCUT2D eigenvalue weighted by Gasteiger charge is -2.22. The first kappa shape index (κ1) is 20.6. The summed E-state index contributed by atoms with van der Waals surface area (Å²) < 4.78 is 6.85. The molecule has 1 saturated heterocycles. The molecule has 11 nitrogen and oxygen atoms in total. The van der Waals surface area contributed by atoms with E-state index in [1.807, 2.05) is 20.8 Å². The minimum absolute atomic E-state index is 0.0146. The van der Waals surface area contributed by atoms with Gasteiger partial charge in [-0.25, -0.2) is 14.3 Å². The Morgan fingerprint density at radius 1 is 1.21 bits per heavy atom. The third-order valence-electron chi connectivity index (χ3n) is 4.84. The lowest BCUT2D eigenvalue weighted by molar-refractivity contribution is -0.178. The Labute approximate surface area is 166 Å². The molecule has 0 spiro atoms. The fourth-order valence-electron chi connectivity index (χ4n) is 3.51. The second-order valence-corrected chi connectivity index (χ2v) is 8.14. The van der Waals surface area contributed by atoms with Crippen LogP contribution in [0.3, 0.4) is 0 Å². The molecule has 2 fully saturated rings. The summed E-state index contributed by atoms with van der Waals surface area (Å²) in [5.41, 5.74) is 0.274. The van der Waals surface area contributed by atoms with Crippen LogP contribution in [0, 0.1) is 0 Å². The summed E-state index contributed by atoms with van der Waals surface area (Å²) in [6.07, 6.45) is -0.961. The maximum Gasteiger partial charge on any atom is 0.534 e. The lowest BCUT2D eigenvalue weighted by atomic mass is 10.0. The van der Waals surface area contributed by atoms with Crippen LogP contribution in [0.1, 0.15) is 64.5 Å². The van der Waals surface area contributed by atoms with Crippen molar-refractivity contribution in [3.63, 3.8) is 0 Å². The van der Waals surface area contributed by atoms with Gasteiger partial charge in [-0.2, -0.15) is 5.10 Å². The average molecular weight is 408 g/mol. The molecule has 0 radical (unpaired) electrons. The van der Waals surface area contributed by atoms with Crippen molar-refractivity contribution in [2.45, 2.75) is 70.4 Å². The van der Waals surface area contributed by atoms with E-state index in [4.69, 9.17) is 14.7 Å². The number of amides is 3. The van der Waals surface area contributed by atoms with E-state index >= 15 is 0 Å². The van der Waals surface area contributed by atoms with Crippen LogP contribution in [0.15, 0.2) is 6.07 Å². The number of nitrogens with one attached hydrogen (secondary N) is 1. The Balaban J connectivity index is 1.62. The van der Waals surface area contributed by atoms with Gasteiger partial charge in [-0.3, -0.25) is 19.7 Å². The molecular formula is C18H24N4O7. The predicted octanol–water partition coefficient (Wildman–Crippen LogP) is 2.58. The normalized spacial score (nSPS) is 22.1. The Hall–Kier alpha value is -3.11. The van der Waals surface area contributed by atoms with Crippen molar-refractivity contribution in [2.24, 2.45) is 0 Å². The first-order valence-electron chi connectivity index (χ1n) is 9.39. The minimum atomic E-state index is -1.18. The summed E-state index contributed by atoms with van der Waals surface area (Å²) in [6, 6.07) is 1.69. The third-order valence-corrected chi connectivity index (χ3v) is 4.84. The van der Waals surface area contributed by atoms with Crippen LogP contribution in [-0.4, -0.2) is 50.1 Å². The smallest absolute Gasteiger partial charge is 0.465 e. The number of hydrogen-bond donors (Lipinski definition) is 2. The van der Waals surface area contributed by atoms with Gasteiger partial charge in [-0.15, -0.1) is 0 Å². The van der Waals surface area contributed by atoms with E-state index in [1.165, 1.54) is 0 Å². The first-order chi connectivity index (χ1) is 13.5. The van der Waals surface area contributed by atoms with Crippen molar-refractivity contribution >= 4 is 29.9 Å². The van der Waals surface area contributed by atoms with Gasteiger partial charge in [-0.1, -0.05) is 5.06 Å². The largest absolute Gasteiger partial charge is 0.534 e. The molecule has 2 atom stereocenters. The Kier molecular flexibility index (Phi) is 5.49. The van der Waals surface area contributed by atoms with Gasteiger partial charge in [0.15, 0.2) is 0 Å². The van der Waals surface area contributed by atoms with Gasteiger partial charge in [0.1, 0.15) is 11.9 Å². The maximum atomic E-state index is 11.9. The number of carbonyl (C=O) groups is 4. The van der Waals surface area contributed by atoms with E-state index in [0.29, 0.717) is 35.8 Å². The molecular weight excluding hydrogens is 384 g/mol. The number of nitrogens with zero attached hydrogens (tertiary/aromatic N) is 3. The van der Waals surface area contributed by atoms with Crippen LogP contribution in [-0.2, 0) is 24.7 Å². The molecule has 0 unspecified atom stereocenters. The second kappa shape index (κ2) is 7.72. The summed E-state index contributed by atoms with van der Waals surface area (Å²) in [5.74, 6) is -0.791. The van der Waals surface area contributed by atoms with Crippen molar-refractivity contribution in [3.05, 3.63) is 11.8 Å². The van der Waals surface area contributed by atoms with E-state index < -0.39 is 35.7 Å². The summed E-state index contributed by atoms with van der Waals surface area (Å²) >= 11 is 0. The van der Waals surface area contributed by atoms with Gasteiger partial charge in [-0.05, 0) is 40.0 Å². The van der Waals surface area contributed by atoms with Crippen LogP contribution in [0.2, 0.25) is 0 Å². The van der Waals surface area contributed by atoms with Gasteiger partial charge >= 0.3 is 12.2 Å². The Morgan fingerprint density at radius 2 is 1.86 bits per heavy atom. The molecule has 1 aromatic rings. The highest BCUT2D eigenvalue weighted by Crippen LogP contribution is 2.37. The molecule has 3 rings (SSSR count). The number of aromatic nitrogens is 2. The highest BCUT2D eigenvalue weighted by atomic mass is 16.8. The number of hydroxylamine groups is 2. The van der Waals surface area contributed by atoms with Gasteiger partial charge in [0, 0.05) is 24.8 Å². The van der Waals surface area contributed by atoms with Crippen molar-refractivity contribution < 1.29 is 33.9 Å². The molecule has 2 N–H and O–H groups in total. The molecule has 11 heteroatoms. The standard InChI is InChI=1S/C18H24N4O7/c1-18(2,3)22-13(19-16(25)26)9-12(20-22)10-4-5-11(8-10)28-17(27)29-21-14(23)6-7-15(21)24/h9-11,19H,4-8H2,1-3H3,(H,25,26)/t10-,11+/m0/s1. The first-order valence-corrected chi connectivity index (χ1v) is 9.39. The zero-order chi connectivity index (χ0) is 21.3. The summed E-state index contributed by atoms with van der Waals surface area (Å²) in [5, 5.41) is 16.4. The molecule has 3 amide bonds. The monoisotopic (exact) mass is 408 g/mol. The maximum absolute atomic E-state index is 11.9. The fraction of sp³-hybridized carbons (Fsp3) is 0.611. The van der Waals surface area contributed by atoms with Crippen molar-refractivity contribution in [2.75, 3.05) is 5.32 Å².